The second kappa shape index (κ2) is 4.28. The van der Waals surface area contributed by atoms with Gasteiger partial charge in [0.1, 0.15) is 5.78 Å². The van der Waals surface area contributed by atoms with Crippen molar-refractivity contribution in [3.05, 3.63) is 42.1 Å². The molecule has 0 N–H and O–H groups in total. The third kappa shape index (κ3) is 2.70. The van der Waals surface area contributed by atoms with E-state index in [0.29, 0.717) is 6.42 Å². The topological polar surface area (TPSA) is 30.0 Å². The largest absolute Gasteiger partial charge is 0.299 e. The lowest BCUT2D eigenvalue weighted by Gasteiger charge is -2.16. The van der Waals surface area contributed by atoms with Crippen molar-refractivity contribution < 1.29 is 4.79 Å². The van der Waals surface area contributed by atoms with Crippen molar-refractivity contribution in [2.24, 2.45) is 5.41 Å². The standard InChI is InChI=1S/C15H17NO/c1-15(2,3)14(17)10-11-6-7-12-5-4-8-16-13(12)9-11/h4-9H,10H2,1-3H3. The summed E-state index contributed by atoms with van der Waals surface area (Å²) in [7, 11) is 0. The lowest BCUT2D eigenvalue weighted by Crippen LogP contribution is -2.22. The molecule has 88 valence electrons. The molecule has 2 heteroatoms. The van der Waals surface area contributed by atoms with Crippen LogP contribution in [0.3, 0.4) is 0 Å². The van der Waals surface area contributed by atoms with E-state index in [9.17, 15) is 4.79 Å². The van der Waals surface area contributed by atoms with Gasteiger partial charge in [0, 0.05) is 23.4 Å². The van der Waals surface area contributed by atoms with Gasteiger partial charge >= 0.3 is 0 Å². The van der Waals surface area contributed by atoms with Gasteiger partial charge in [0.25, 0.3) is 0 Å². The van der Waals surface area contributed by atoms with Gasteiger partial charge in [-0.1, -0.05) is 39.0 Å². The van der Waals surface area contributed by atoms with E-state index >= 15 is 0 Å². The van der Waals surface area contributed by atoms with E-state index in [-0.39, 0.29) is 11.2 Å². The third-order valence-corrected chi connectivity index (χ3v) is 2.87. The molecule has 0 fully saturated rings. The Morgan fingerprint density at radius 1 is 1.24 bits per heavy atom. The van der Waals surface area contributed by atoms with E-state index in [1.54, 1.807) is 6.20 Å². The fourth-order valence-electron chi connectivity index (χ4n) is 1.67. The van der Waals surface area contributed by atoms with E-state index < -0.39 is 0 Å². The highest BCUT2D eigenvalue weighted by molar-refractivity contribution is 5.87. The van der Waals surface area contributed by atoms with Crippen LogP contribution in [0.4, 0.5) is 0 Å². The number of carbonyl (C=O) groups excluding carboxylic acids is 1. The summed E-state index contributed by atoms with van der Waals surface area (Å²) in [5, 5.41) is 1.11. The van der Waals surface area contributed by atoms with Crippen molar-refractivity contribution in [1.29, 1.82) is 0 Å². The van der Waals surface area contributed by atoms with Gasteiger partial charge in [-0.05, 0) is 17.7 Å². The molecule has 0 saturated heterocycles. The van der Waals surface area contributed by atoms with Crippen molar-refractivity contribution in [1.82, 2.24) is 4.98 Å². The molecular weight excluding hydrogens is 210 g/mol. The van der Waals surface area contributed by atoms with E-state index in [0.717, 1.165) is 16.5 Å². The van der Waals surface area contributed by atoms with Crippen LogP contribution in [0.1, 0.15) is 26.3 Å². The van der Waals surface area contributed by atoms with E-state index in [2.05, 4.69) is 4.98 Å². The van der Waals surface area contributed by atoms with Crippen molar-refractivity contribution in [2.75, 3.05) is 0 Å². The molecule has 1 aromatic heterocycles. The van der Waals surface area contributed by atoms with Crippen LogP contribution in [0.25, 0.3) is 10.9 Å². The summed E-state index contributed by atoms with van der Waals surface area (Å²) in [5.74, 6) is 0.257. The van der Waals surface area contributed by atoms with Crippen LogP contribution in [-0.2, 0) is 11.2 Å². The SMILES string of the molecule is CC(C)(C)C(=O)Cc1ccc2cccnc2c1. The zero-order valence-corrected chi connectivity index (χ0v) is 10.5. The van der Waals surface area contributed by atoms with Gasteiger partial charge in [0.2, 0.25) is 0 Å². The second-order valence-corrected chi connectivity index (χ2v) is 5.38. The van der Waals surface area contributed by atoms with Crippen molar-refractivity contribution in [3.8, 4) is 0 Å². The van der Waals surface area contributed by atoms with Crippen molar-refractivity contribution >= 4 is 16.7 Å². The molecule has 0 saturated carbocycles. The zero-order valence-electron chi connectivity index (χ0n) is 10.5. The van der Waals surface area contributed by atoms with Crippen LogP contribution >= 0.6 is 0 Å². The average Bonchev–Trinajstić information content (AvgIpc) is 2.27. The normalized spacial score (nSPS) is 11.7. The Balaban J connectivity index is 2.29. The second-order valence-electron chi connectivity index (χ2n) is 5.38. The highest BCUT2D eigenvalue weighted by Crippen LogP contribution is 2.19. The molecule has 2 rings (SSSR count). The monoisotopic (exact) mass is 227 g/mol. The lowest BCUT2D eigenvalue weighted by atomic mass is 9.87. The van der Waals surface area contributed by atoms with Crippen molar-refractivity contribution in [2.45, 2.75) is 27.2 Å². The Hall–Kier alpha value is -1.70. The highest BCUT2D eigenvalue weighted by Gasteiger charge is 2.21. The first kappa shape index (κ1) is 11.8. The minimum atomic E-state index is -0.279. The lowest BCUT2D eigenvalue weighted by molar-refractivity contribution is -0.125. The Bertz CT molecular complexity index is 552. The summed E-state index contributed by atoms with van der Waals surface area (Å²) in [6, 6.07) is 9.97. The number of hydrogen-bond donors (Lipinski definition) is 0. The molecule has 0 aliphatic rings. The zero-order chi connectivity index (χ0) is 12.5. The van der Waals surface area contributed by atoms with Crippen LogP contribution < -0.4 is 0 Å². The Kier molecular flexibility index (Phi) is 2.97. The predicted octanol–water partition coefficient (Wildman–Crippen LogP) is 3.39. The number of carbonyl (C=O) groups is 1. The maximum absolute atomic E-state index is 11.9. The number of benzene rings is 1. The van der Waals surface area contributed by atoms with Gasteiger partial charge in [-0.15, -0.1) is 0 Å². The number of fused-ring (bicyclic) bond motifs is 1. The molecule has 1 aromatic carbocycles. The Morgan fingerprint density at radius 2 is 2.00 bits per heavy atom. The predicted molar refractivity (Wildman–Crippen MR) is 69.9 cm³/mol. The van der Waals surface area contributed by atoms with Gasteiger partial charge in [-0.3, -0.25) is 9.78 Å². The molecule has 17 heavy (non-hydrogen) atoms. The van der Waals surface area contributed by atoms with Gasteiger partial charge in [0.15, 0.2) is 0 Å². The van der Waals surface area contributed by atoms with Crippen LogP contribution in [0.5, 0.6) is 0 Å². The van der Waals surface area contributed by atoms with E-state index in [1.165, 1.54) is 0 Å². The number of nitrogens with zero attached hydrogens (tertiary/aromatic N) is 1. The minimum absolute atomic E-state index is 0.257. The molecule has 0 spiro atoms. The minimum Gasteiger partial charge on any atom is -0.299 e. The molecule has 0 amide bonds. The third-order valence-electron chi connectivity index (χ3n) is 2.87. The summed E-state index contributed by atoms with van der Waals surface area (Å²) in [5.41, 5.74) is 1.71. The molecule has 0 aliphatic carbocycles. The summed E-state index contributed by atoms with van der Waals surface area (Å²) in [6.45, 7) is 5.86. The van der Waals surface area contributed by atoms with Crippen LogP contribution in [0.15, 0.2) is 36.5 Å². The molecule has 1 heterocycles. The number of ketones is 1. The summed E-state index contributed by atoms with van der Waals surface area (Å²) in [4.78, 5) is 16.2. The molecule has 2 aromatic rings. The summed E-state index contributed by atoms with van der Waals surface area (Å²) in [6.07, 6.45) is 2.26. The smallest absolute Gasteiger partial charge is 0.142 e. The fraction of sp³-hybridized carbons (Fsp3) is 0.333. The maximum atomic E-state index is 11.9. The Labute approximate surface area is 102 Å². The number of pyridine rings is 1. The molecule has 0 unspecified atom stereocenters. The first-order valence-electron chi connectivity index (χ1n) is 5.84. The van der Waals surface area contributed by atoms with Crippen LogP contribution in [0.2, 0.25) is 0 Å². The van der Waals surface area contributed by atoms with Gasteiger partial charge < -0.3 is 0 Å². The number of rotatable bonds is 2. The van der Waals surface area contributed by atoms with Gasteiger partial charge in [0.05, 0.1) is 5.52 Å². The van der Waals surface area contributed by atoms with Gasteiger partial charge in [-0.25, -0.2) is 0 Å². The van der Waals surface area contributed by atoms with Crippen LogP contribution in [-0.4, -0.2) is 10.8 Å². The number of Topliss-reactive ketones (excluding diaryl/α,β-unsaturated/α-hetero) is 1. The van der Waals surface area contributed by atoms with E-state index in [4.69, 9.17) is 0 Å². The molecule has 2 nitrogen and oxygen atoms in total. The molecular formula is C15H17NO. The highest BCUT2D eigenvalue weighted by atomic mass is 16.1. The average molecular weight is 227 g/mol. The molecule has 0 aliphatic heterocycles. The fourth-order valence-corrected chi connectivity index (χ4v) is 1.67. The Morgan fingerprint density at radius 3 is 2.71 bits per heavy atom. The maximum Gasteiger partial charge on any atom is 0.142 e. The molecule has 0 bridgehead atoms. The van der Waals surface area contributed by atoms with Crippen LogP contribution in [0, 0.1) is 5.41 Å². The summed E-state index contributed by atoms with van der Waals surface area (Å²) >= 11 is 0. The first-order chi connectivity index (χ1) is 7.97. The molecule has 0 radical (unpaired) electrons. The number of aromatic nitrogens is 1. The van der Waals surface area contributed by atoms with E-state index in [1.807, 2.05) is 51.1 Å². The quantitative estimate of drug-likeness (QED) is 0.787. The molecule has 0 atom stereocenters. The first-order valence-corrected chi connectivity index (χ1v) is 5.84. The van der Waals surface area contributed by atoms with Crippen molar-refractivity contribution in [3.63, 3.8) is 0 Å². The van der Waals surface area contributed by atoms with Gasteiger partial charge in [-0.2, -0.15) is 0 Å². The number of hydrogen-bond acceptors (Lipinski definition) is 2. The summed E-state index contributed by atoms with van der Waals surface area (Å²) < 4.78 is 0.